The van der Waals surface area contributed by atoms with Gasteiger partial charge in [0.25, 0.3) is 10.0 Å². The quantitative estimate of drug-likeness (QED) is 0.633. The van der Waals surface area contributed by atoms with E-state index in [9.17, 15) is 18.4 Å². The van der Waals surface area contributed by atoms with Crippen LogP contribution < -0.4 is 4.31 Å². The number of anilines is 1. The molecule has 0 aliphatic rings. The van der Waals surface area contributed by atoms with E-state index in [-0.39, 0.29) is 21.1 Å². The second kappa shape index (κ2) is 6.39. The summed E-state index contributed by atoms with van der Waals surface area (Å²) in [7, 11) is -2.63. The van der Waals surface area contributed by atoms with Gasteiger partial charge in [-0.2, -0.15) is 4.73 Å². The van der Waals surface area contributed by atoms with E-state index in [1.165, 1.54) is 49.5 Å². The van der Waals surface area contributed by atoms with Crippen LogP contribution in [-0.4, -0.2) is 36.5 Å². The Morgan fingerprint density at radius 1 is 1.08 bits per heavy atom. The van der Waals surface area contributed by atoms with Gasteiger partial charge in [0, 0.05) is 12.4 Å². The lowest BCUT2D eigenvalue weighted by molar-refractivity contribution is 0.0649. The van der Waals surface area contributed by atoms with Crippen molar-refractivity contribution in [2.75, 3.05) is 11.4 Å². The second-order valence-electron chi connectivity index (χ2n) is 5.44. The molecule has 3 aromatic rings. The summed E-state index contributed by atoms with van der Waals surface area (Å²) in [6.07, 6.45) is 0. The molecule has 0 amide bonds. The first-order valence-corrected chi connectivity index (χ1v) is 9.34. The molecule has 1 aromatic heterocycles. The van der Waals surface area contributed by atoms with Crippen LogP contribution in [0.2, 0.25) is 10.0 Å². The minimum atomic E-state index is -3.98. The molecular formula is C16H12Cl2N2O5S. The number of hydrogen-bond acceptors (Lipinski definition) is 4. The number of carbonyl (C=O) groups is 1. The van der Waals surface area contributed by atoms with E-state index in [0.717, 1.165) is 4.31 Å². The van der Waals surface area contributed by atoms with Crippen molar-refractivity contribution in [2.45, 2.75) is 4.90 Å². The van der Waals surface area contributed by atoms with Crippen molar-refractivity contribution in [2.24, 2.45) is 0 Å². The number of nitrogens with zero attached hydrogens (tertiary/aromatic N) is 2. The Morgan fingerprint density at radius 2 is 1.77 bits per heavy atom. The molecule has 0 unspecified atom stereocenters. The van der Waals surface area contributed by atoms with Gasteiger partial charge in [0.1, 0.15) is 0 Å². The van der Waals surface area contributed by atoms with Gasteiger partial charge in [-0.3, -0.25) is 4.31 Å². The number of rotatable bonds is 4. The van der Waals surface area contributed by atoms with Gasteiger partial charge in [-0.05, 0) is 36.4 Å². The van der Waals surface area contributed by atoms with Crippen molar-refractivity contribution in [3.63, 3.8) is 0 Å². The Morgan fingerprint density at radius 3 is 2.38 bits per heavy atom. The summed E-state index contributed by atoms with van der Waals surface area (Å²) in [6.45, 7) is 0. The molecule has 7 nitrogen and oxygen atoms in total. The average molecular weight is 415 g/mol. The van der Waals surface area contributed by atoms with Crippen molar-refractivity contribution in [3.05, 3.63) is 58.2 Å². The predicted octanol–water partition coefficient (Wildman–Crippen LogP) is 3.71. The van der Waals surface area contributed by atoms with Gasteiger partial charge < -0.3 is 10.3 Å². The molecule has 0 aliphatic carbocycles. The Hall–Kier alpha value is -2.42. The van der Waals surface area contributed by atoms with Crippen molar-refractivity contribution >= 4 is 55.8 Å². The Kier molecular flexibility index (Phi) is 4.51. The lowest BCUT2D eigenvalue weighted by atomic mass is 10.2. The van der Waals surface area contributed by atoms with E-state index in [1.807, 2.05) is 0 Å². The molecule has 2 aromatic carbocycles. The molecule has 3 rings (SSSR count). The van der Waals surface area contributed by atoms with Crippen LogP contribution in [0.25, 0.3) is 10.9 Å². The summed E-state index contributed by atoms with van der Waals surface area (Å²) < 4.78 is 27.2. The van der Waals surface area contributed by atoms with Crippen molar-refractivity contribution < 1.29 is 23.5 Å². The van der Waals surface area contributed by atoms with Crippen molar-refractivity contribution in [1.82, 2.24) is 4.73 Å². The first-order valence-electron chi connectivity index (χ1n) is 7.15. The molecule has 1 heterocycles. The zero-order valence-corrected chi connectivity index (χ0v) is 15.5. The summed E-state index contributed by atoms with van der Waals surface area (Å²) in [6, 6.07) is 9.59. The third-order valence-electron chi connectivity index (χ3n) is 3.89. The Labute approximate surface area is 158 Å². The maximum absolute atomic E-state index is 12.9. The Balaban J connectivity index is 2.10. The summed E-state index contributed by atoms with van der Waals surface area (Å²) in [5.41, 5.74) is -0.0106. The fraction of sp³-hybridized carbons (Fsp3) is 0.0625. The largest absolute Gasteiger partial charge is 0.476 e. The predicted molar refractivity (Wildman–Crippen MR) is 98.1 cm³/mol. The first-order chi connectivity index (χ1) is 12.1. The fourth-order valence-electron chi connectivity index (χ4n) is 2.46. The van der Waals surface area contributed by atoms with E-state index in [0.29, 0.717) is 20.8 Å². The highest BCUT2D eigenvalue weighted by molar-refractivity contribution is 7.92. The molecule has 0 spiro atoms. The monoisotopic (exact) mass is 414 g/mol. The number of halogens is 2. The summed E-state index contributed by atoms with van der Waals surface area (Å²) in [5.74, 6) is -1.33. The molecule has 0 radical (unpaired) electrons. The third-order valence-corrected chi connectivity index (χ3v) is 6.42. The third kappa shape index (κ3) is 2.96. The normalized spacial score (nSPS) is 11.7. The van der Waals surface area contributed by atoms with Gasteiger partial charge in [0.15, 0.2) is 5.69 Å². The Bertz CT molecular complexity index is 1140. The maximum atomic E-state index is 12.9. The van der Waals surface area contributed by atoms with Gasteiger partial charge in [-0.25, -0.2) is 13.2 Å². The highest BCUT2D eigenvalue weighted by atomic mass is 35.5. The minimum absolute atomic E-state index is 0.0611. The van der Waals surface area contributed by atoms with E-state index < -0.39 is 16.0 Å². The summed E-state index contributed by atoms with van der Waals surface area (Å²) >= 11 is 11.8. The molecule has 0 atom stereocenters. The van der Waals surface area contributed by atoms with E-state index in [2.05, 4.69) is 0 Å². The molecule has 26 heavy (non-hydrogen) atoms. The lowest BCUT2D eigenvalue weighted by Crippen LogP contribution is -2.26. The number of hydrogen-bond donors (Lipinski definition) is 2. The molecule has 2 N–H and O–H groups in total. The van der Waals surface area contributed by atoms with Gasteiger partial charge >= 0.3 is 5.97 Å². The zero-order chi connectivity index (χ0) is 19.2. The summed E-state index contributed by atoms with van der Waals surface area (Å²) in [4.78, 5) is 11.0. The smallest absolute Gasteiger partial charge is 0.356 e. The number of carboxylic acid groups (broad SMARTS) is 1. The van der Waals surface area contributed by atoms with Gasteiger partial charge in [0.2, 0.25) is 0 Å². The highest BCUT2D eigenvalue weighted by Crippen LogP contribution is 2.30. The SMILES string of the molecule is CN(c1ccc(Cl)c(Cl)c1)S(=O)(=O)c1ccc2cc(C(=O)O)n(O)c2c1. The number of aromatic carboxylic acids is 1. The molecule has 136 valence electrons. The first kappa shape index (κ1) is 18.4. The standard InChI is InChI=1S/C16H12Cl2N2O5S/c1-19(10-3-5-12(17)13(18)7-10)26(24,25)11-4-2-9-6-15(16(21)22)20(23)14(9)8-11/h2-8,23H,1H3,(H,21,22). The van der Waals surface area contributed by atoms with E-state index in [1.54, 1.807) is 0 Å². The van der Waals surface area contributed by atoms with Gasteiger partial charge in [-0.15, -0.1) is 0 Å². The van der Waals surface area contributed by atoms with Gasteiger partial charge in [-0.1, -0.05) is 29.3 Å². The number of fused-ring (bicyclic) bond motifs is 1. The maximum Gasteiger partial charge on any atom is 0.356 e. The highest BCUT2D eigenvalue weighted by Gasteiger charge is 2.24. The van der Waals surface area contributed by atoms with Crippen LogP contribution in [-0.2, 0) is 10.0 Å². The van der Waals surface area contributed by atoms with Crippen LogP contribution in [0.4, 0.5) is 5.69 Å². The molecule has 10 heteroatoms. The molecular weight excluding hydrogens is 403 g/mol. The molecule has 0 saturated heterocycles. The van der Waals surface area contributed by atoms with Crippen molar-refractivity contribution in [3.8, 4) is 0 Å². The van der Waals surface area contributed by atoms with Crippen LogP contribution in [0.15, 0.2) is 47.4 Å². The van der Waals surface area contributed by atoms with E-state index in [4.69, 9.17) is 28.3 Å². The van der Waals surface area contributed by atoms with Crippen molar-refractivity contribution in [1.29, 1.82) is 0 Å². The van der Waals surface area contributed by atoms with Crippen LogP contribution >= 0.6 is 23.2 Å². The molecule has 0 aliphatic heterocycles. The fourth-order valence-corrected chi connectivity index (χ4v) is 3.96. The number of aromatic nitrogens is 1. The topological polar surface area (TPSA) is 99.8 Å². The van der Waals surface area contributed by atoms with E-state index >= 15 is 0 Å². The van der Waals surface area contributed by atoms with Crippen LogP contribution in [0.5, 0.6) is 0 Å². The lowest BCUT2D eigenvalue weighted by Gasteiger charge is -2.20. The number of carboxylic acids is 1. The second-order valence-corrected chi connectivity index (χ2v) is 8.22. The zero-order valence-electron chi connectivity index (χ0n) is 13.2. The number of sulfonamides is 1. The van der Waals surface area contributed by atoms with Gasteiger partial charge in [0.05, 0.1) is 26.1 Å². The molecule has 0 fully saturated rings. The summed E-state index contributed by atoms with van der Waals surface area (Å²) in [5, 5.41) is 19.9. The average Bonchev–Trinajstić information content (AvgIpc) is 2.93. The molecule has 0 saturated carbocycles. The molecule has 0 bridgehead atoms. The number of benzene rings is 2. The van der Waals surface area contributed by atoms with Crippen LogP contribution in [0.1, 0.15) is 10.5 Å². The minimum Gasteiger partial charge on any atom is -0.476 e. The van der Waals surface area contributed by atoms with Crippen LogP contribution in [0.3, 0.4) is 0 Å². The van der Waals surface area contributed by atoms with Crippen LogP contribution in [0, 0.1) is 0 Å².